The maximum Gasteiger partial charge on any atom is 0.235 e. The third-order valence-electron chi connectivity index (χ3n) is 1.86. The minimum absolute atomic E-state index is 0.280. The predicted molar refractivity (Wildman–Crippen MR) is 51.0 cm³/mol. The molecule has 0 aromatic heterocycles. The average molecular weight is 189 g/mol. The maximum atomic E-state index is 10.5. The lowest BCUT2D eigenvalue weighted by Crippen LogP contribution is -2.44. The van der Waals surface area contributed by atoms with Gasteiger partial charge in [0.1, 0.15) is 0 Å². The minimum atomic E-state index is -0.640. The summed E-state index contributed by atoms with van der Waals surface area (Å²) in [7, 11) is 0. The molecule has 0 bridgehead atoms. The van der Waals surface area contributed by atoms with Gasteiger partial charge in [0, 0.05) is 6.54 Å². The van der Waals surface area contributed by atoms with Gasteiger partial charge in [0.05, 0.1) is 12.1 Å². The summed E-state index contributed by atoms with van der Waals surface area (Å²) in [6.45, 7) is 2.93. The number of carbonyl (C=O) groups excluding carboxylic acids is 1. The molecule has 78 valence electrons. The van der Waals surface area contributed by atoms with Gasteiger partial charge in [-0.3, -0.25) is 4.79 Å². The van der Waals surface area contributed by atoms with Crippen LogP contribution in [0, 0.1) is 0 Å². The van der Waals surface area contributed by atoms with Gasteiger partial charge >= 0.3 is 0 Å². The van der Waals surface area contributed by atoms with Gasteiger partial charge in [-0.05, 0) is 19.4 Å². The first-order valence-electron chi connectivity index (χ1n) is 4.51. The lowest BCUT2D eigenvalue weighted by Gasteiger charge is -2.10. The van der Waals surface area contributed by atoms with Gasteiger partial charge in [-0.15, -0.1) is 0 Å². The van der Waals surface area contributed by atoms with E-state index in [0.29, 0.717) is 19.5 Å². The Morgan fingerprint density at radius 3 is 2.69 bits per heavy atom. The normalized spacial score (nSPS) is 15.3. The lowest BCUT2D eigenvalue weighted by molar-refractivity contribution is -0.119. The fourth-order valence-electron chi connectivity index (χ4n) is 0.831. The van der Waals surface area contributed by atoms with E-state index < -0.39 is 11.9 Å². The number of aliphatic hydroxyl groups is 1. The smallest absolute Gasteiger partial charge is 0.235 e. The SMILES string of the molecule is CCC(O)CCNCC(N)C(N)=O. The number of hydrogen-bond acceptors (Lipinski definition) is 4. The first-order valence-corrected chi connectivity index (χ1v) is 4.51. The van der Waals surface area contributed by atoms with Gasteiger partial charge in [0.25, 0.3) is 0 Å². The van der Waals surface area contributed by atoms with E-state index >= 15 is 0 Å². The van der Waals surface area contributed by atoms with E-state index in [-0.39, 0.29) is 6.10 Å². The molecule has 0 aliphatic rings. The summed E-state index contributed by atoms with van der Waals surface area (Å²) in [5.74, 6) is -0.511. The van der Waals surface area contributed by atoms with Crippen molar-refractivity contribution in [3.63, 3.8) is 0 Å². The van der Waals surface area contributed by atoms with E-state index in [1.54, 1.807) is 0 Å². The van der Waals surface area contributed by atoms with Crippen LogP contribution < -0.4 is 16.8 Å². The second-order valence-electron chi connectivity index (χ2n) is 3.06. The van der Waals surface area contributed by atoms with Gasteiger partial charge in [-0.25, -0.2) is 0 Å². The van der Waals surface area contributed by atoms with Crippen LogP contribution in [0.4, 0.5) is 0 Å². The van der Waals surface area contributed by atoms with E-state index in [1.165, 1.54) is 0 Å². The topological polar surface area (TPSA) is 101 Å². The molecular formula is C8H19N3O2. The standard InChI is InChI=1S/C8H19N3O2/c1-2-6(12)3-4-11-5-7(9)8(10)13/h6-7,11-12H,2-5,9H2,1H3,(H2,10,13). The Kier molecular flexibility index (Phi) is 6.48. The van der Waals surface area contributed by atoms with Gasteiger partial charge in [-0.2, -0.15) is 0 Å². The Morgan fingerprint density at radius 1 is 1.62 bits per heavy atom. The molecule has 5 heteroatoms. The number of hydrogen-bond donors (Lipinski definition) is 4. The molecule has 0 saturated heterocycles. The summed E-state index contributed by atoms with van der Waals surface area (Å²) in [4.78, 5) is 10.5. The number of primary amides is 1. The Morgan fingerprint density at radius 2 is 2.23 bits per heavy atom. The number of carbonyl (C=O) groups is 1. The van der Waals surface area contributed by atoms with Gasteiger partial charge in [-0.1, -0.05) is 6.92 Å². The lowest BCUT2D eigenvalue weighted by atomic mass is 10.2. The first-order chi connectivity index (χ1) is 6.07. The fraction of sp³-hybridized carbons (Fsp3) is 0.875. The Bertz CT molecular complexity index is 152. The summed E-state index contributed by atoms with van der Waals surface area (Å²) >= 11 is 0. The molecule has 13 heavy (non-hydrogen) atoms. The van der Waals surface area contributed by atoms with E-state index in [2.05, 4.69) is 5.32 Å². The maximum absolute atomic E-state index is 10.5. The van der Waals surface area contributed by atoms with E-state index in [9.17, 15) is 4.79 Å². The monoisotopic (exact) mass is 189 g/mol. The third kappa shape index (κ3) is 6.51. The second-order valence-corrected chi connectivity index (χ2v) is 3.06. The highest BCUT2D eigenvalue weighted by atomic mass is 16.3. The Hall–Kier alpha value is -0.650. The molecule has 0 heterocycles. The number of aliphatic hydroxyl groups excluding tert-OH is 1. The average Bonchev–Trinajstić information content (AvgIpc) is 2.11. The van der Waals surface area contributed by atoms with Crippen molar-refractivity contribution >= 4 is 5.91 Å². The van der Waals surface area contributed by atoms with Crippen LogP contribution in [0.3, 0.4) is 0 Å². The van der Waals surface area contributed by atoms with Crippen LogP contribution in [0.25, 0.3) is 0 Å². The summed E-state index contributed by atoms with van der Waals surface area (Å²) in [6.07, 6.45) is 1.13. The first kappa shape index (κ1) is 12.3. The van der Waals surface area contributed by atoms with Crippen molar-refractivity contribution in [3.05, 3.63) is 0 Å². The van der Waals surface area contributed by atoms with Crippen molar-refractivity contribution in [2.45, 2.75) is 31.9 Å². The molecule has 0 aliphatic heterocycles. The number of amides is 1. The number of nitrogens with two attached hydrogens (primary N) is 2. The van der Waals surface area contributed by atoms with E-state index in [1.807, 2.05) is 6.92 Å². The molecule has 1 amide bonds. The molecule has 5 nitrogen and oxygen atoms in total. The molecule has 0 saturated carbocycles. The fourth-order valence-corrected chi connectivity index (χ4v) is 0.831. The number of rotatable bonds is 7. The summed E-state index contributed by atoms with van der Waals surface area (Å²) in [5, 5.41) is 12.1. The number of nitrogens with one attached hydrogen (secondary N) is 1. The van der Waals surface area contributed by atoms with Crippen molar-refractivity contribution in [1.29, 1.82) is 0 Å². The van der Waals surface area contributed by atoms with Crippen LogP contribution in [0.1, 0.15) is 19.8 Å². The summed E-state index contributed by atoms with van der Waals surface area (Å²) < 4.78 is 0. The van der Waals surface area contributed by atoms with Crippen molar-refractivity contribution in [1.82, 2.24) is 5.32 Å². The third-order valence-corrected chi connectivity index (χ3v) is 1.86. The van der Waals surface area contributed by atoms with Crippen LogP contribution in [0.15, 0.2) is 0 Å². The Labute approximate surface area is 78.5 Å². The largest absolute Gasteiger partial charge is 0.393 e. The molecule has 0 radical (unpaired) electrons. The van der Waals surface area contributed by atoms with Gasteiger partial charge in [0.15, 0.2) is 0 Å². The zero-order chi connectivity index (χ0) is 10.3. The summed E-state index contributed by atoms with van der Waals surface area (Å²) in [5.41, 5.74) is 10.3. The molecule has 2 atom stereocenters. The highest BCUT2D eigenvalue weighted by Crippen LogP contribution is 1.93. The minimum Gasteiger partial charge on any atom is -0.393 e. The zero-order valence-corrected chi connectivity index (χ0v) is 7.99. The molecule has 0 aliphatic carbocycles. The van der Waals surface area contributed by atoms with E-state index in [4.69, 9.17) is 16.6 Å². The molecule has 0 aromatic carbocycles. The van der Waals surface area contributed by atoms with Crippen LogP contribution in [-0.4, -0.2) is 36.2 Å². The predicted octanol–water partition coefficient (Wildman–Crippen LogP) is -1.45. The summed E-state index contributed by atoms with van der Waals surface area (Å²) in [6, 6.07) is -0.640. The molecule has 0 rings (SSSR count). The molecule has 2 unspecified atom stereocenters. The quantitative estimate of drug-likeness (QED) is 0.368. The van der Waals surface area contributed by atoms with Crippen molar-refractivity contribution in [2.24, 2.45) is 11.5 Å². The molecule has 0 spiro atoms. The van der Waals surface area contributed by atoms with Crippen LogP contribution in [-0.2, 0) is 4.79 Å². The van der Waals surface area contributed by atoms with Gasteiger partial charge in [0.2, 0.25) is 5.91 Å². The molecule has 0 fully saturated rings. The molecular weight excluding hydrogens is 170 g/mol. The second kappa shape index (κ2) is 6.82. The Balaban J connectivity index is 3.30. The van der Waals surface area contributed by atoms with Crippen molar-refractivity contribution in [2.75, 3.05) is 13.1 Å². The van der Waals surface area contributed by atoms with E-state index in [0.717, 1.165) is 6.42 Å². The highest BCUT2D eigenvalue weighted by Gasteiger charge is 2.07. The van der Waals surface area contributed by atoms with Crippen LogP contribution in [0.2, 0.25) is 0 Å². The van der Waals surface area contributed by atoms with Gasteiger partial charge < -0.3 is 21.9 Å². The highest BCUT2D eigenvalue weighted by molar-refractivity contribution is 5.79. The molecule has 0 aromatic rings. The van der Waals surface area contributed by atoms with Crippen molar-refractivity contribution in [3.8, 4) is 0 Å². The van der Waals surface area contributed by atoms with Crippen LogP contribution >= 0.6 is 0 Å². The van der Waals surface area contributed by atoms with Crippen molar-refractivity contribution < 1.29 is 9.90 Å². The molecule has 6 N–H and O–H groups in total. The van der Waals surface area contributed by atoms with Crippen LogP contribution in [0.5, 0.6) is 0 Å². The zero-order valence-electron chi connectivity index (χ0n) is 7.99.